The van der Waals surface area contributed by atoms with Gasteiger partial charge in [-0.05, 0) is 24.0 Å². The summed E-state index contributed by atoms with van der Waals surface area (Å²) in [5, 5.41) is 0. The van der Waals surface area contributed by atoms with Gasteiger partial charge in [-0.2, -0.15) is 0 Å². The van der Waals surface area contributed by atoms with Gasteiger partial charge in [0.25, 0.3) is 0 Å². The maximum Gasteiger partial charge on any atom is 0.122 e. The fourth-order valence-electron chi connectivity index (χ4n) is 1.15. The van der Waals surface area contributed by atoms with Gasteiger partial charge < -0.3 is 0 Å². The largest absolute Gasteiger partial charge is 0.243 e. The molecule has 66 valence electrons. The molecule has 0 aromatic heterocycles. The van der Waals surface area contributed by atoms with Gasteiger partial charge in [-0.3, -0.25) is 0 Å². The van der Waals surface area contributed by atoms with Gasteiger partial charge in [0.1, 0.15) is 6.17 Å². The molecule has 0 bridgehead atoms. The van der Waals surface area contributed by atoms with Crippen molar-refractivity contribution in [3.63, 3.8) is 0 Å². The Hall–Kier alpha value is -0.850. The maximum absolute atomic E-state index is 12.8. The minimum Gasteiger partial charge on any atom is -0.243 e. The molecule has 0 aliphatic carbocycles. The molecule has 0 saturated heterocycles. The summed E-state index contributed by atoms with van der Waals surface area (Å²) < 4.78 is 12.8. The van der Waals surface area contributed by atoms with E-state index in [1.165, 1.54) is 5.56 Å². The molecule has 0 spiro atoms. The van der Waals surface area contributed by atoms with Crippen molar-refractivity contribution < 1.29 is 4.39 Å². The van der Waals surface area contributed by atoms with E-state index in [0.29, 0.717) is 5.92 Å². The van der Waals surface area contributed by atoms with Gasteiger partial charge in [-0.1, -0.05) is 38.1 Å². The molecule has 0 saturated carbocycles. The standard InChI is InChI=1S/C11H15F/c1-8(2)10-4-6-11(7-5-10)9(3)12/h4-9H,1-3H3. The van der Waals surface area contributed by atoms with Gasteiger partial charge in [0.05, 0.1) is 0 Å². The zero-order valence-electron chi connectivity index (χ0n) is 7.84. The zero-order valence-corrected chi connectivity index (χ0v) is 7.84. The van der Waals surface area contributed by atoms with Crippen molar-refractivity contribution >= 4 is 0 Å². The second-order valence-corrected chi connectivity index (χ2v) is 3.44. The second-order valence-electron chi connectivity index (χ2n) is 3.44. The summed E-state index contributed by atoms with van der Waals surface area (Å²) in [4.78, 5) is 0. The van der Waals surface area contributed by atoms with Crippen molar-refractivity contribution in [2.45, 2.75) is 32.9 Å². The first kappa shape index (κ1) is 9.24. The van der Waals surface area contributed by atoms with Crippen LogP contribution in [0.15, 0.2) is 24.3 Å². The van der Waals surface area contributed by atoms with Crippen molar-refractivity contribution in [1.29, 1.82) is 0 Å². The quantitative estimate of drug-likeness (QED) is 0.626. The highest BCUT2D eigenvalue weighted by Gasteiger charge is 2.03. The maximum atomic E-state index is 12.8. The van der Waals surface area contributed by atoms with Gasteiger partial charge in [-0.25, -0.2) is 4.39 Å². The first-order valence-electron chi connectivity index (χ1n) is 4.35. The van der Waals surface area contributed by atoms with Crippen molar-refractivity contribution in [2.24, 2.45) is 0 Å². The lowest BCUT2D eigenvalue weighted by molar-refractivity contribution is 0.374. The van der Waals surface area contributed by atoms with Gasteiger partial charge >= 0.3 is 0 Å². The number of rotatable bonds is 2. The Morgan fingerprint density at radius 2 is 1.33 bits per heavy atom. The molecule has 12 heavy (non-hydrogen) atoms. The second kappa shape index (κ2) is 3.70. The summed E-state index contributed by atoms with van der Waals surface area (Å²) in [6.45, 7) is 5.83. The molecule has 1 rings (SSSR count). The first-order valence-corrected chi connectivity index (χ1v) is 4.35. The van der Waals surface area contributed by atoms with E-state index < -0.39 is 6.17 Å². The van der Waals surface area contributed by atoms with Crippen molar-refractivity contribution in [3.05, 3.63) is 35.4 Å². The molecular formula is C11H15F. The Balaban J connectivity index is 2.86. The average molecular weight is 166 g/mol. The van der Waals surface area contributed by atoms with E-state index in [-0.39, 0.29) is 0 Å². The number of benzene rings is 1. The topological polar surface area (TPSA) is 0 Å². The van der Waals surface area contributed by atoms with Crippen LogP contribution in [0, 0.1) is 0 Å². The summed E-state index contributed by atoms with van der Waals surface area (Å²) in [5.74, 6) is 0.522. The van der Waals surface area contributed by atoms with E-state index in [2.05, 4.69) is 13.8 Å². The van der Waals surface area contributed by atoms with Crippen LogP contribution >= 0.6 is 0 Å². The van der Waals surface area contributed by atoms with E-state index in [0.717, 1.165) is 5.56 Å². The van der Waals surface area contributed by atoms with Crippen LogP contribution in [-0.2, 0) is 0 Å². The average Bonchev–Trinajstić information content (AvgIpc) is 2.04. The molecule has 1 aromatic rings. The third kappa shape index (κ3) is 2.07. The van der Waals surface area contributed by atoms with Crippen molar-refractivity contribution in [1.82, 2.24) is 0 Å². The summed E-state index contributed by atoms with van der Waals surface area (Å²) in [6, 6.07) is 7.71. The van der Waals surface area contributed by atoms with Crippen LogP contribution in [-0.4, -0.2) is 0 Å². The molecule has 1 unspecified atom stereocenters. The molecule has 0 nitrogen and oxygen atoms in total. The third-order valence-corrected chi connectivity index (χ3v) is 2.06. The van der Waals surface area contributed by atoms with Gasteiger partial charge in [0.2, 0.25) is 0 Å². The van der Waals surface area contributed by atoms with Crippen LogP contribution in [0.25, 0.3) is 0 Å². The molecule has 0 radical (unpaired) electrons. The summed E-state index contributed by atoms with van der Waals surface area (Å²) in [6.07, 6.45) is -0.855. The van der Waals surface area contributed by atoms with E-state index >= 15 is 0 Å². The summed E-state index contributed by atoms with van der Waals surface area (Å²) in [7, 11) is 0. The highest BCUT2D eigenvalue weighted by Crippen LogP contribution is 2.20. The van der Waals surface area contributed by atoms with E-state index in [1.807, 2.05) is 24.3 Å². The molecule has 0 heterocycles. The molecule has 0 aliphatic heterocycles. The van der Waals surface area contributed by atoms with Crippen LogP contribution in [0.5, 0.6) is 0 Å². The lowest BCUT2D eigenvalue weighted by Crippen LogP contribution is -1.89. The molecule has 0 amide bonds. The molecule has 1 aromatic carbocycles. The highest BCUT2D eigenvalue weighted by molar-refractivity contribution is 5.25. The smallest absolute Gasteiger partial charge is 0.122 e. The predicted octanol–water partition coefficient (Wildman–Crippen LogP) is 3.84. The Kier molecular flexibility index (Phi) is 2.85. The minimum atomic E-state index is -0.855. The summed E-state index contributed by atoms with van der Waals surface area (Å²) >= 11 is 0. The predicted molar refractivity (Wildman–Crippen MR) is 50.1 cm³/mol. The Morgan fingerprint density at radius 1 is 0.917 bits per heavy atom. The van der Waals surface area contributed by atoms with Crippen LogP contribution in [0.4, 0.5) is 4.39 Å². The lowest BCUT2D eigenvalue weighted by atomic mass is 10.0. The zero-order chi connectivity index (χ0) is 9.14. The van der Waals surface area contributed by atoms with Crippen LogP contribution in [0.3, 0.4) is 0 Å². The van der Waals surface area contributed by atoms with Crippen LogP contribution in [0.2, 0.25) is 0 Å². The van der Waals surface area contributed by atoms with Crippen LogP contribution in [0.1, 0.15) is 44.0 Å². The minimum absolute atomic E-state index is 0.522. The van der Waals surface area contributed by atoms with E-state index in [1.54, 1.807) is 6.92 Å². The normalized spacial score (nSPS) is 13.4. The number of hydrogen-bond acceptors (Lipinski definition) is 0. The fourth-order valence-corrected chi connectivity index (χ4v) is 1.15. The SMILES string of the molecule is CC(C)c1ccc(C(C)F)cc1. The number of hydrogen-bond donors (Lipinski definition) is 0. The van der Waals surface area contributed by atoms with Crippen LogP contribution < -0.4 is 0 Å². The molecule has 0 fully saturated rings. The number of alkyl halides is 1. The fraction of sp³-hybridized carbons (Fsp3) is 0.455. The molecule has 1 atom stereocenters. The van der Waals surface area contributed by atoms with Gasteiger partial charge in [0, 0.05) is 0 Å². The van der Waals surface area contributed by atoms with Crippen molar-refractivity contribution in [3.8, 4) is 0 Å². The molecular weight excluding hydrogens is 151 g/mol. The monoisotopic (exact) mass is 166 g/mol. The lowest BCUT2D eigenvalue weighted by Gasteiger charge is -2.06. The molecule has 1 heteroatoms. The number of halogens is 1. The van der Waals surface area contributed by atoms with Gasteiger partial charge in [-0.15, -0.1) is 0 Å². The van der Waals surface area contributed by atoms with E-state index in [9.17, 15) is 4.39 Å². The van der Waals surface area contributed by atoms with Crippen molar-refractivity contribution in [2.75, 3.05) is 0 Å². The first-order chi connectivity index (χ1) is 5.61. The molecule has 0 N–H and O–H groups in total. The Labute approximate surface area is 73.4 Å². The highest BCUT2D eigenvalue weighted by atomic mass is 19.1. The third-order valence-electron chi connectivity index (χ3n) is 2.06. The summed E-state index contributed by atoms with van der Waals surface area (Å²) in [5.41, 5.74) is 2.03. The molecule has 0 aliphatic rings. The van der Waals surface area contributed by atoms with E-state index in [4.69, 9.17) is 0 Å². The Morgan fingerprint density at radius 3 is 1.67 bits per heavy atom. The van der Waals surface area contributed by atoms with Gasteiger partial charge in [0.15, 0.2) is 0 Å². The Bertz CT molecular complexity index is 207.